The Morgan fingerprint density at radius 1 is 1.19 bits per heavy atom. The van der Waals surface area contributed by atoms with Crippen molar-refractivity contribution < 1.29 is 4.79 Å². The summed E-state index contributed by atoms with van der Waals surface area (Å²) in [5, 5.41) is 7.57. The molecule has 0 fully saturated rings. The van der Waals surface area contributed by atoms with E-state index in [2.05, 4.69) is 41.8 Å². The molecule has 27 heavy (non-hydrogen) atoms. The van der Waals surface area contributed by atoms with E-state index < -0.39 is 0 Å². The SMILES string of the molecule is CCC(CCc1ccc(Cl)cc1)NC1CCc2ccc(NC(C)=O)cc2C1. The van der Waals surface area contributed by atoms with Gasteiger partial charge in [-0.05, 0) is 79.5 Å². The molecule has 0 saturated heterocycles. The Kier molecular flexibility index (Phi) is 6.92. The highest BCUT2D eigenvalue weighted by Crippen LogP contribution is 2.25. The van der Waals surface area contributed by atoms with Gasteiger partial charge in [-0.15, -0.1) is 0 Å². The van der Waals surface area contributed by atoms with Gasteiger partial charge in [-0.3, -0.25) is 4.79 Å². The molecular formula is C23H29ClN2O. The first-order chi connectivity index (χ1) is 13.0. The maximum absolute atomic E-state index is 11.3. The van der Waals surface area contributed by atoms with Crippen LogP contribution in [-0.4, -0.2) is 18.0 Å². The van der Waals surface area contributed by atoms with Crippen LogP contribution < -0.4 is 10.6 Å². The molecule has 0 aliphatic heterocycles. The molecule has 1 aliphatic carbocycles. The fourth-order valence-electron chi connectivity index (χ4n) is 3.91. The van der Waals surface area contributed by atoms with Gasteiger partial charge in [0.1, 0.15) is 0 Å². The number of carbonyl (C=O) groups excluding carboxylic acids is 1. The smallest absolute Gasteiger partial charge is 0.221 e. The van der Waals surface area contributed by atoms with Crippen molar-refractivity contribution in [3.05, 3.63) is 64.2 Å². The summed E-state index contributed by atoms with van der Waals surface area (Å²) in [7, 11) is 0. The van der Waals surface area contributed by atoms with Crippen LogP contribution in [0.15, 0.2) is 42.5 Å². The molecular weight excluding hydrogens is 356 g/mol. The minimum absolute atomic E-state index is 0.0197. The zero-order valence-corrected chi connectivity index (χ0v) is 17.0. The van der Waals surface area contributed by atoms with E-state index in [1.807, 2.05) is 18.2 Å². The zero-order valence-electron chi connectivity index (χ0n) is 16.2. The Morgan fingerprint density at radius 3 is 2.67 bits per heavy atom. The first kappa shape index (κ1) is 19.9. The van der Waals surface area contributed by atoms with Gasteiger partial charge in [-0.1, -0.05) is 36.7 Å². The number of amides is 1. The molecule has 4 heteroatoms. The third-order valence-corrected chi connectivity index (χ3v) is 5.67. The maximum Gasteiger partial charge on any atom is 0.221 e. The number of aryl methyl sites for hydroxylation is 2. The lowest BCUT2D eigenvalue weighted by molar-refractivity contribution is -0.114. The Labute approximate surface area is 167 Å². The second kappa shape index (κ2) is 9.38. The van der Waals surface area contributed by atoms with Crippen molar-refractivity contribution in [2.45, 2.75) is 64.5 Å². The molecule has 2 aromatic rings. The van der Waals surface area contributed by atoms with Gasteiger partial charge in [0, 0.05) is 29.7 Å². The first-order valence-corrected chi connectivity index (χ1v) is 10.3. The third-order valence-electron chi connectivity index (χ3n) is 5.41. The van der Waals surface area contributed by atoms with E-state index in [9.17, 15) is 4.79 Å². The van der Waals surface area contributed by atoms with Gasteiger partial charge in [-0.25, -0.2) is 0 Å². The number of carbonyl (C=O) groups is 1. The third kappa shape index (κ3) is 5.82. The molecule has 1 aliphatic rings. The molecule has 0 spiro atoms. The highest BCUT2D eigenvalue weighted by molar-refractivity contribution is 6.30. The maximum atomic E-state index is 11.3. The van der Waals surface area contributed by atoms with Gasteiger partial charge in [0.15, 0.2) is 0 Å². The Morgan fingerprint density at radius 2 is 1.96 bits per heavy atom. The quantitative estimate of drug-likeness (QED) is 0.692. The predicted octanol–water partition coefficient (Wildman–Crippen LogP) is 5.16. The lowest BCUT2D eigenvalue weighted by Crippen LogP contribution is -2.41. The lowest BCUT2D eigenvalue weighted by Gasteiger charge is -2.30. The number of rotatable bonds is 7. The summed E-state index contributed by atoms with van der Waals surface area (Å²) >= 11 is 5.98. The largest absolute Gasteiger partial charge is 0.326 e. The minimum Gasteiger partial charge on any atom is -0.326 e. The average Bonchev–Trinajstić information content (AvgIpc) is 2.65. The molecule has 3 rings (SSSR count). The van der Waals surface area contributed by atoms with E-state index in [0.29, 0.717) is 12.1 Å². The van der Waals surface area contributed by atoms with Gasteiger partial charge >= 0.3 is 0 Å². The minimum atomic E-state index is -0.0197. The molecule has 2 N–H and O–H groups in total. The normalized spacial score (nSPS) is 17.2. The molecule has 2 atom stereocenters. The summed E-state index contributed by atoms with van der Waals surface area (Å²) in [5.74, 6) is -0.0197. The van der Waals surface area contributed by atoms with E-state index in [1.165, 1.54) is 23.1 Å². The number of hydrogen-bond acceptors (Lipinski definition) is 2. The summed E-state index contributed by atoms with van der Waals surface area (Å²) < 4.78 is 0. The van der Waals surface area contributed by atoms with Gasteiger partial charge < -0.3 is 10.6 Å². The molecule has 144 valence electrons. The summed E-state index contributed by atoms with van der Waals surface area (Å²) in [6, 6.07) is 15.5. The summed E-state index contributed by atoms with van der Waals surface area (Å²) in [6.07, 6.45) is 6.63. The van der Waals surface area contributed by atoms with Crippen LogP contribution in [-0.2, 0) is 24.1 Å². The molecule has 1 amide bonds. The van der Waals surface area contributed by atoms with Gasteiger partial charge in [0.05, 0.1) is 0 Å². The first-order valence-electron chi connectivity index (χ1n) is 9.93. The van der Waals surface area contributed by atoms with Crippen molar-refractivity contribution in [3.63, 3.8) is 0 Å². The number of nitrogens with one attached hydrogen (secondary N) is 2. The van der Waals surface area contributed by atoms with Crippen LogP contribution in [0.3, 0.4) is 0 Å². The Balaban J connectivity index is 1.56. The molecule has 0 aromatic heterocycles. The second-order valence-electron chi connectivity index (χ2n) is 7.54. The molecule has 0 saturated carbocycles. The van der Waals surface area contributed by atoms with Crippen LogP contribution in [0.25, 0.3) is 0 Å². The summed E-state index contributed by atoms with van der Waals surface area (Å²) in [5.41, 5.74) is 5.01. The summed E-state index contributed by atoms with van der Waals surface area (Å²) in [4.78, 5) is 11.3. The molecule has 0 heterocycles. The fraction of sp³-hybridized carbons (Fsp3) is 0.435. The Bertz CT molecular complexity index is 772. The van der Waals surface area contributed by atoms with Gasteiger partial charge in [-0.2, -0.15) is 0 Å². The highest BCUT2D eigenvalue weighted by Gasteiger charge is 2.21. The van der Waals surface area contributed by atoms with E-state index in [0.717, 1.165) is 42.8 Å². The van der Waals surface area contributed by atoms with Crippen LogP contribution in [0.2, 0.25) is 5.02 Å². The van der Waals surface area contributed by atoms with E-state index in [1.54, 1.807) is 6.92 Å². The topological polar surface area (TPSA) is 41.1 Å². The van der Waals surface area contributed by atoms with Crippen molar-refractivity contribution in [2.24, 2.45) is 0 Å². The van der Waals surface area contributed by atoms with Crippen molar-refractivity contribution in [2.75, 3.05) is 5.32 Å². The monoisotopic (exact) mass is 384 g/mol. The van der Waals surface area contributed by atoms with E-state index >= 15 is 0 Å². The van der Waals surface area contributed by atoms with E-state index in [4.69, 9.17) is 11.6 Å². The van der Waals surface area contributed by atoms with E-state index in [-0.39, 0.29) is 5.91 Å². The number of fused-ring (bicyclic) bond motifs is 1. The lowest BCUT2D eigenvalue weighted by atomic mass is 9.87. The van der Waals surface area contributed by atoms with Gasteiger partial charge in [0.2, 0.25) is 5.91 Å². The van der Waals surface area contributed by atoms with Crippen molar-refractivity contribution in [1.82, 2.24) is 5.32 Å². The summed E-state index contributed by atoms with van der Waals surface area (Å²) in [6.45, 7) is 3.81. The molecule has 2 unspecified atom stereocenters. The standard InChI is InChI=1S/C23H29ClN2O/c1-3-21(11-6-17-4-9-20(24)10-5-17)26-23-13-8-18-7-12-22(25-16(2)27)14-19(18)15-23/h4-5,7,9-10,12,14,21,23,26H,3,6,8,11,13,15H2,1-2H3,(H,25,27). The predicted molar refractivity (Wildman–Crippen MR) is 114 cm³/mol. The molecule has 2 aromatic carbocycles. The highest BCUT2D eigenvalue weighted by atomic mass is 35.5. The number of anilines is 1. The van der Waals surface area contributed by atoms with Crippen molar-refractivity contribution >= 4 is 23.2 Å². The van der Waals surface area contributed by atoms with Crippen LogP contribution in [0, 0.1) is 0 Å². The van der Waals surface area contributed by atoms with Gasteiger partial charge in [0.25, 0.3) is 0 Å². The fourth-order valence-corrected chi connectivity index (χ4v) is 4.04. The number of benzene rings is 2. The average molecular weight is 385 g/mol. The number of halogens is 1. The van der Waals surface area contributed by atoms with Crippen molar-refractivity contribution in [3.8, 4) is 0 Å². The Hall–Kier alpha value is -1.84. The number of hydrogen-bond donors (Lipinski definition) is 2. The van der Waals surface area contributed by atoms with Crippen LogP contribution in [0.1, 0.15) is 49.8 Å². The molecule has 0 bridgehead atoms. The van der Waals surface area contributed by atoms with Crippen molar-refractivity contribution in [1.29, 1.82) is 0 Å². The molecule has 3 nitrogen and oxygen atoms in total. The van der Waals surface area contributed by atoms with Crippen LogP contribution >= 0.6 is 11.6 Å². The zero-order chi connectivity index (χ0) is 19.2. The second-order valence-corrected chi connectivity index (χ2v) is 7.98. The molecule has 0 radical (unpaired) electrons. The van der Waals surface area contributed by atoms with Crippen LogP contribution in [0.4, 0.5) is 5.69 Å². The van der Waals surface area contributed by atoms with Crippen LogP contribution in [0.5, 0.6) is 0 Å².